The van der Waals surface area contributed by atoms with Gasteiger partial charge in [-0.3, -0.25) is 14.8 Å². The van der Waals surface area contributed by atoms with Crippen molar-refractivity contribution in [3.63, 3.8) is 0 Å². The molecular formula is C14H16N2O5. The minimum atomic E-state index is -1.03. The van der Waals surface area contributed by atoms with Crippen molar-refractivity contribution in [1.29, 1.82) is 0 Å². The van der Waals surface area contributed by atoms with Crippen molar-refractivity contribution in [1.82, 2.24) is 9.96 Å². The zero-order chi connectivity index (χ0) is 15.7. The molecule has 1 aliphatic carbocycles. The van der Waals surface area contributed by atoms with Crippen LogP contribution in [-0.4, -0.2) is 45.7 Å². The third kappa shape index (κ3) is 2.55. The van der Waals surface area contributed by atoms with Gasteiger partial charge >= 0.3 is 5.97 Å². The first-order valence-electron chi connectivity index (χ1n) is 6.25. The van der Waals surface area contributed by atoms with Crippen LogP contribution in [0.25, 0.3) is 0 Å². The lowest BCUT2D eigenvalue weighted by atomic mass is 10.1. The number of hydroxylamine groups is 2. The molecular weight excluding hydrogens is 276 g/mol. The van der Waals surface area contributed by atoms with Gasteiger partial charge in [-0.2, -0.15) is 0 Å². The van der Waals surface area contributed by atoms with Crippen molar-refractivity contribution < 1.29 is 24.6 Å². The molecule has 0 spiro atoms. The summed E-state index contributed by atoms with van der Waals surface area (Å²) in [6, 6.07) is 0. The predicted octanol–water partition coefficient (Wildman–Crippen LogP) is 1.21. The first-order valence-corrected chi connectivity index (χ1v) is 6.25. The Kier molecular flexibility index (Phi) is 3.86. The van der Waals surface area contributed by atoms with E-state index in [4.69, 9.17) is 9.84 Å². The Labute approximate surface area is 121 Å². The van der Waals surface area contributed by atoms with Crippen molar-refractivity contribution >= 4 is 11.8 Å². The quantitative estimate of drug-likeness (QED) is 0.808. The molecule has 0 bridgehead atoms. The molecule has 0 aromatic rings. The second-order valence-electron chi connectivity index (χ2n) is 4.65. The van der Waals surface area contributed by atoms with Crippen molar-refractivity contribution in [2.24, 2.45) is 0 Å². The van der Waals surface area contributed by atoms with E-state index < -0.39 is 5.97 Å². The van der Waals surface area contributed by atoms with Crippen LogP contribution in [0.3, 0.4) is 0 Å². The van der Waals surface area contributed by atoms with Gasteiger partial charge in [0, 0.05) is 11.3 Å². The highest BCUT2D eigenvalue weighted by atomic mass is 16.5. The smallest absolute Gasteiger partial charge is 0.323 e. The van der Waals surface area contributed by atoms with E-state index in [1.54, 1.807) is 13.8 Å². The Balaban J connectivity index is 2.52. The molecule has 1 heterocycles. The summed E-state index contributed by atoms with van der Waals surface area (Å²) < 4.78 is 4.98. The Morgan fingerprint density at radius 3 is 2.52 bits per heavy atom. The number of carboxylic acids is 1. The van der Waals surface area contributed by atoms with Gasteiger partial charge in [0.1, 0.15) is 12.4 Å². The summed E-state index contributed by atoms with van der Waals surface area (Å²) in [5.41, 5.74) is 1.64. The van der Waals surface area contributed by atoms with Crippen LogP contribution in [0.5, 0.6) is 0 Å². The summed E-state index contributed by atoms with van der Waals surface area (Å²) in [6.45, 7) is 3.10. The van der Waals surface area contributed by atoms with Crippen LogP contribution in [-0.2, 0) is 14.3 Å². The minimum absolute atomic E-state index is 0.130. The van der Waals surface area contributed by atoms with E-state index in [0.717, 1.165) is 5.06 Å². The van der Waals surface area contributed by atoms with Gasteiger partial charge in [-0.1, -0.05) is 0 Å². The number of ether oxygens (including phenoxy) is 1. The highest BCUT2D eigenvalue weighted by molar-refractivity contribution is 6.04. The summed E-state index contributed by atoms with van der Waals surface area (Å²) in [4.78, 5) is 24.0. The number of rotatable bonds is 3. The summed E-state index contributed by atoms with van der Waals surface area (Å²) >= 11 is 0. The maximum absolute atomic E-state index is 11.6. The van der Waals surface area contributed by atoms with Gasteiger partial charge in [0.15, 0.2) is 5.76 Å². The zero-order valence-corrected chi connectivity index (χ0v) is 12.0. The van der Waals surface area contributed by atoms with Gasteiger partial charge in [-0.25, -0.2) is 5.06 Å². The van der Waals surface area contributed by atoms with Gasteiger partial charge < -0.3 is 14.7 Å². The molecule has 7 heteroatoms. The lowest BCUT2D eigenvalue weighted by molar-refractivity contribution is -0.137. The van der Waals surface area contributed by atoms with E-state index in [-0.39, 0.29) is 23.9 Å². The molecule has 0 aromatic heterocycles. The number of carbonyl (C=O) groups is 2. The fraction of sp³-hybridized carbons (Fsp3) is 0.286. The number of allylic oxidation sites excluding steroid dienone is 6. The maximum atomic E-state index is 11.6. The second kappa shape index (κ2) is 5.45. The molecule has 0 atom stereocenters. The van der Waals surface area contributed by atoms with Crippen LogP contribution < -0.4 is 0 Å². The number of ketones is 1. The van der Waals surface area contributed by atoms with E-state index in [2.05, 4.69) is 0 Å². The predicted molar refractivity (Wildman–Crippen MR) is 72.6 cm³/mol. The molecule has 0 saturated carbocycles. The highest BCUT2D eigenvalue weighted by Gasteiger charge is 2.32. The van der Waals surface area contributed by atoms with Crippen molar-refractivity contribution in [2.45, 2.75) is 13.8 Å². The Bertz CT molecular complexity index is 627. The summed E-state index contributed by atoms with van der Waals surface area (Å²) in [5, 5.41) is 20.1. The van der Waals surface area contributed by atoms with Crippen LogP contribution in [0.1, 0.15) is 13.8 Å². The second-order valence-corrected chi connectivity index (χ2v) is 4.65. The van der Waals surface area contributed by atoms with Crippen LogP contribution in [0.15, 0.2) is 46.8 Å². The number of hydrogen-bond acceptors (Lipinski definition) is 6. The molecule has 0 radical (unpaired) electrons. The normalized spacial score (nSPS) is 22.1. The molecule has 0 saturated heterocycles. The third-order valence-corrected chi connectivity index (χ3v) is 3.42. The third-order valence-electron chi connectivity index (χ3n) is 3.42. The molecule has 0 unspecified atom stereocenters. The molecule has 1 aliphatic heterocycles. The van der Waals surface area contributed by atoms with Crippen LogP contribution in [0.2, 0.25) is 0 Å². The van der Waals surface area contributed by atoms with Gasteiger partial charge in [0.05, 0.1) is 12.8 Å². The first kappa shape index (κ1) is 14.9. The topological polar surface area (TPSA) is 90.3 Å². The lowest BCUT2D eigenvalue weighted by Crippen LogP contribution is -2.29. The van der Waals surface area contributed by atoms with Crippen LogP contribution in [0.4, 0.5) is 0 Å². The Morgan fingerprint density at radius 1 is 1.29 bits per heavy atom. The number of carboxylic acid groups (broad SMARTS) is 1. The van der Waals surface area contributed by atoms with E-state index >= 15 is 0 Å². The summed E-state index contributed by atoms with van der Waals surface area (Å²) in [5.74, 6) is -0.894. The standard InChI is InChI=1S/C14H16N2O5/c1-8-9(2)16(20)14(15(8)7-13(18)19)10-4-5-11(17)12(6-10)21-3/h4-6,20H,7H2,1-3H3,(H,18,19). The monoisotopic (exact) mass is 292 g/mol. The molecule has 2 rings (SSSR count). The molecule has 112 valence electrons. The molecule has 21 heavy (non-hydrogen) atoms. The highest BCUT2D eigenvalue weighted by Crippen LogP contribution is 2.33. The van der Waals surface area contributed by atoms with E-state index in [1.807, 2.05) is 0 Å². The molecule has 0 fully saturated rings. The van der Waals surface area contributed by atoms with Crippen molar-refractivity contribution in [3.05, 3.63) is 46.8 Å². The van der Waals surface area contributed by atoms with E-state index in [0.29, 0.717) is 17.0 Å². The molecule has 2 N–H and O–H groups in total. The largest absolute Gasteiger partial charge is 0.493 e. The average molecular weight is 292 g/mol. The summed E-state index contributed by atoms with van der Waals surface area (Å²) in [6.07, 6.45) is 4.31. The fourth-order valence-electron chi connectivity index (χ4n) is 2.19. The van der Waals surface area contributed by atoms with E-state index in [1.165, 1.54) is 30.2 Å². The van der Waals surface area contributed by atoms with Crippen molar-refractivity contribution in [2.75, 3.05) is 13.7 Å². The molecule has 2 aliphatic rings. The SMILES string of the molecule is COC1=CC(=C2N(O)C(C)=C(C)N2CC(=O)O)C=CC1=O. The summed E-state index contributed by atoms with van der Waals surface area (Å²) in [7, 11) is 1.38. The van der Waals surface area contributed by atoms with Crippen molar-refractivity contribution in [3.8, 4) is 0 Å². The van der Waals surface area contributed by atoms with Gasteiger partial charge in [-0.05, 0) is 32.1 Å². The van der Waals surface area contributed by atoms with Gasteiger partial charge in [0.2, 0.25) is 5.78 Å². The number of carbonyl (C=O) groups excluding carboxylic acids is 1. The number of aliphatic carboxylic acids is 1. The zero-order valence-electron chi connectivity index (χ0n) is 12.0. The number of hydrogen-bond donors (Lipinski definition) is 2. The van der Waals surface area contributed by atoms with Crippen LogP contribution >= 0.6 is 0 Å². The molecule has 0 aromatic carbocycles. The maximum Gasteiger partial charge on any atom is 0.323 e. The van der Waals surface area contributed by atoms with Gasteiger partial charge in [-0.15, -0.1) is 0 Å². The average Bonchev–Trinajstić information content (AvgIpc) is 2.64. The fourth-order valence-corrected chi connectivity index (χ4v) is 2.19. The van der Waals surface area contributed by atoms with Crippen LogP contribution in [0, 0.1) is 0 Å². The number of methoxy groups -OCH3 is 1. The number of nitrogens with zero attached hydrogens (tertiary/aromatic N) is 2. The Morgan fingerprint density at radius 2 is 1.95 bits per heavy atom. The van der Waals surface area contributed by atoms with E-state index in [9.17, 15) is 14.8 Å². The first-order chi connectivity index (χ1) is 9.86. The lowest BCUT2D eigenvalue weighted by Gasteiger charge is -2.24. The molecule has 0 amide bonds. The molecule has 7 nitrogen and oxygen atoms in total. The van der Waals surface area contributed by atoms with Gasteiger partial charge in [0.25, 0.3) is 0 Å². The minimum Gasteiger partial charge on any atom is -0.493 e. The Hall–Kier alpha value is -2.54.